The molecule has 11 heteroatoms. The Hall–Kier alpha value is -2.50. The molecule has 0 aliphatic carbocycles. The number of rotatable bonds is 9. The van der Waals surface area contributed by atoms with Crippen molar-refractivity contribution in [2.24, 2.45) is 0 Å². The molecule has 1 N–H and O–H groups in total. The molecule has 1 aromatic carbocycles. The monoisotopic (exact) mass is 477 g/mol. The lowest BCUT2D eigenvalue weighted by atomic mass is 10.3. The molecule has 0 saturated heterocycles. The number of anilines is 2. The molecule has 8 nitrogen and oxygen atoms in total. The third kappa shape index (κ3) is 6.25. The number of carbonyl (C=O) groups is 1. The van der Waals surface area contributed by atoms with Gasteiger partial charge in [-0.15, -0.1) is 11.3 Å². The minimum Gasteiger partial charge on any atom is -0.326 e. The molecule has 3 aromatic rings. The number of aryl methyl sites for hydroxylation is 2. The highest BCUT2D eigenvalue weighted by Crippen LogP contribution is 2.24. The third-order valence-electron chi connectivity index (χ3n) is 4.23. The number of amides is 1. The van der Waals surface area contributed by atoms with Gasteiger partial charge in [0, 0.05) is 47.9 Å². The van der Waals surface area contributed by atoms with E-state index in [4.69, 9.17) is 0 Å². The Morgan fingerprint density at radius 3 is 2.45 bits per heavy atom. The molecule has 2 aromatic heterocycles. The molecule has 164 valence electrons. The summed E-state index contributed by atoms with van der Waals surface area (Å²) in [6.45, 7) is 3.86. The summed E-state index contributed by atoms with van der Waals surface area (Å²) in [5.74, 6) is 0.605. The summed E-state index contributed by atoms with van der Waals surface area (Å²) in [4.78, 5) is 25.1. The molecule has 0 fully saturated rings. The summed E-state index contributed by atoms with van der Waals surface area (Å²) in [7, 11) is -2.24. The Kier molecular flexibility index (Phi) is 7.63. The molecule has 0 atom stereocenters. The van der Waals surface area contributed by atoms with Crippen LogP contribution in [0.1, 0.15) is 24.2 Å². The van der Waals surface area contributed by atoms with Gasteiger partial charge in [0.2, 0.25) is 5.91 Å². The van der Waals surface area contributed by atoms with Crippen LogP contribution in [0.15, 0.2) is 52.0 Å². The van der Waals surface area contributed by atoms with E-state index in [1.54, 1.807) is 23.7 Å². The Morgan fingerprint density at radius 1 is 1.16 bits per heavy atom. The maximum atomic E-state index is 12.7. The molecule has 0 unspecified atom stereocenters. The SMILES string of the molecule is Cc1cc(C)nc(SCCCC(=O)Nc2ccc(S(=O)(=O)N(C)c3nccs3)cc2)n1. The van der Waals surface area contributed by atoms with Crippen molar-refractivity contribution < 1.29 is 13.2 Å². The van der Waals surface area contributed by atoms with Crippen LogP contribution in [0.4, 0.5) is 10.8 Å². The van der Waals surface area contributed by atoms with Crippen molar-refractivity contribution in [2.75, 3.05) is 22.4 Å². The van der Waals surface area contributed by atoms with Crippen LogP contribution in [0.25, 0.3) is 0 Å². The molecule has 0 aliphatic rings. The van der Waals surface area contributed by atoms with Crippen LogP contribution in [-0.4, -0.2) is 42.1 Å². The zero-order valence-corrected chi connectivity index (χ0v) is 19.9. The molecule has 3 rings (SSSR count). The summed E-state index contributed by atoms with van der Waals surface area (Å²) < 4.78 is 26.5. The Labute approximate surface area is 190 Å². The first-order valence-corrected chi connectivity index (χ1v) is 12.8. The number of carbonyl (C=O) groups excluding carboxylic acids is 1. The fourth-order valence-electron chi connectivity index (χ4n) is 2.72. The van der Waals surface area contributed by atoms with E-state index in [1.165, 1.54) is 42.3 Å². The van der Waals surface area contributed by atoms with Gasteiger partial charge in [-0.25, -0.2) is 27.7 Å². The number of nitrogens with one attached hydrogen (secondary N) is 1. The number of thioether (sulfide) groups is 1. The van der Waals surface area contributed by atoms with E-state index in [-0.39, 0.29) is 10.8 Å². The van der Waals surface area contributed by atoms with E-state index in [2.05, 4.69) is 20.3 Å². The second-order valence-electron chi connectivity index (χ2n) is 6.75. The van der Waals surface area contributed by atoms with Gasteiger partial charge in [-0.1, -0.05) is 11.8 Å². The smallest absolute Gasteiger partial charge is 0.265 e. The van der Waals surface area contributed by atoms with Crippen LogP contribution in [0.2, 0.25) is 0 Å². The van der Waals surface area contributed by atoms with Gasteiger partial charge in [0.25, 0.3) is 10.0 Å². The van der Waals surface area contributed by atoms with Crippen molar-refractivity contribution in [3.05, 3.63) is 53.3 Å². The Balaban J connectivity index is 1.49. The van der Waals surface area contributed by atoms with E-state index in [0.29, 0.717) is 23.7 Å². The van der Waals surface area contributed by atoms with Crippen molar-refractivity contribution in [1.29, 1.82) is 0 Å². The Bertz CT molecular complexity index is 1110. The van der Waals surface area contributed by atoms with Crippen LogP contribution in [-0.2, 0) is 14.8 Å². The van der Waals surface area contributed by atoms with Crippen LogP contribution < -0.4 is 9.62 Å². The highest BCUT2D eigenvalue weighted by atomic mass is 32.2. The van der Waals surface area contributed by atoms with Gasteiger partial charge in [0.1, 0.15) is 0 Å². The second kappa shape index (κ2) is 10.2. The van der Waals surface area contributed by atoms with Crippen molar-refractivity contribution in [2.45, 2.75) is 36.7 Å². The van der Waals surface area contributed by atoms with Gasteiger partial charge >= 0.3 is 0 Å². The minimum absolute atomic E-state index is 0.127. The lowest BCUT2D eigenvalue weighted by molar-refractivity contribution is -0.116. The van der Waals surface area contributed by atoms with Crippen molar-refractivity contribution >= 4 is 49.8 Å². The summed E-state index contributed by atoms with van der Waals surface area (Å²) in [5, 5.41) is 5.62. The predicted molar refractivity (Wildman–Crippen MR) is 124 cm³/mol. The van der Waals surface area contributed by atoms with E-state index in [1.807, 2.05) is 19.9 Å². The first-order chi connectivity index (χ1) is 14.8. The van der Waals surface area contributed by atoms with E-state index >= 15 is 0 Å². The van der Waals surface area contributed by atoms with Gasteiger partial charge in [-0.3, -0.25) is 4.79 Å². The molecule has 0 aliphatic heterocycles. The first-order valence-electron chi connectivity index (χ1n) is 9.49. The van der Waals surface area contributed by atoms with Crippen molar-refractivity contribution in [1.82, 2.24) is 15.0 Å². The molecule has 31 heavy (non-hydrogen) atoms. The minimum atomic E-state index is -3.70. The number of aromatic nitrogens is 3. The molecule has 0 saturated carbocycles. The number of sulfonamides is 1. The predicted octanol–water partition coefficient (Wildman–Crippen LogP) is 3.89. The fraction of sp³-hybridized carbons (Fsp3) is 0.300. The average Bonchev–Trinajstić information content (AvgIpc) is 3.25. The van der Waals surface area contributed by atoms with E-state index < -0.39 is 10.0 Å². The van der Waals surface area contributed by atoms with Crippen LogP contribution in [0, 0.1) is 13.8 Å². The molecule has 2 heterocycles. The highest BCUT2D eigenvalue weighted by Gasteiger charge is 2.22. The lowest BCUT2D eigenvalue weighted by Crippen LogP contribution is -2.26. The summed E-state index contributed by atoms with van der Waals surface area (Å²) in [6.07, 6.45) is 2.58. The maximum Gasteiger partial charge on any atom is 0.265 e. The van der Waals surface area contributed by atoms with E-state index in [9.17, 15) is 13.2 Å². The van der Waals surface area contributed by atoms with Gasteiger partial charge in [-0.05, 0) is 50.6 Å². The van der Waals surface area contributed by atoms with Crippen LogP contribution in [0.5, 0.6) is 0 Å². The Morgan fingerprint density at radius 2 is 1.84 bits per heavy atom. The summed E-state index contributed by atoms with van der Waals surface area (Å²) in [6, 6.07) is 8.03. The molecular formula is C20H23N5O3S3. The molecule has 1 amide bonds. The highest BCUT2D eigenvalue weighted by molar-refractivity contribution is 7.99. The van der Waals surface area contributed by atoms with Crippen LogP contribution >= 0.6 is 23.1 Å². The largest absolute Gasteiger partial charge is 0.326 e. The molecule has 0 bridgehead atoms. The van der Waals surface area contributed by atoms with Gasteiger partial charge in [0.15, 0.2) is 10.3 Å². The van der Waals surface area contributed by atoms with Gasteiger partial charge < -0.3 is 5.32 Å². The molecule has 0 spiro atoms. The topological polar surface area (TPSA) is 105 Å². The lowest BCUT2D eigenvalue weighted by Gasteiger charge is -2.16. The molecular weight excluding hydrogens is 454 g/mol. The quantitative estimate of drug-likeness (QED) is 0.283. The standard InChI is InChI=1S/C20H23N5O3S3/c1-14-13-15(2)23-19(22-14)29-11-4-5-18(26)24-16-6-8-17(9-7-16)31(27,28)25(3)20-21-10-12-30-20/h6-10,12-13H,4-5,11H2,1-3H3,(H,24,26). The first kappa shape index (κ1) is 23.2. The third-order valence-corrected chi connectivity index (χ3v) is 7.89. The summed E-state index contributed by atoms with van der Waals surface area (Å²) >= 11 is 2.77. The van der Waals surface area contributed by atoms with E-state index in [0.717, 1.165) is 26.6 Å². The fourth-order valence-corrected chi connectivity index (χ4v) is 5.59. The number of hydrogen-bond acceptors (Lipinski definition) is 8. The number of hydrogen-bond donors (Lipinski definition) is 1. The van der Waals surface area contributed by atoms with Crippen LogP contribution in [0.3, 0.4) is 0 Å². The number of benzene rings is 1. The summed E-state index contributed by atoms with van der Waals surface area (Å²) in [5.41, 5.74) is 2.40. The maximum absolute atomic E-state index is 12.7. The average molecular weight is 478 g/mol. The molecule has 0 radical (unpaired) electrons. The van der Waals surface area contributed by atoms with Crippen molar-refractivity contribution in [3.63, 3.8) is 0 Å². The second-order valence-corrected chi connectivity index (χ2v) is 10.6. The number of thiazole rings is 1. The zero-order chi connectivity index (χ0) is 22.4. The number of nitrogens with zero attached hydrogens (tertiary/aromatic N) is 4. The zero-order valence-electron chi connectivity index (χ0n) is 17.4. The van der Waals surface area contributed by atoms with Gasteiger partial charge in [-0.2, -0.15) is 0 Å². The van der Waals surface area contributed by atoms with Crippen molar-refractivity contribution in [3.8, 4) is 0 Å². The van der Waals surface area contributed by atoms with Gasteiger partial charge in [0.05, 0.1) is 4.90 Å². The normalized spacial score (nSPS) is 11.3.